The molecule has 0 saturated heterocycles. The Balaban J connectivity index is 1.59. The summed E-state index contributed by atoms with van der Waals surface area (Å²) in [4.78, 5) is 0. The average Bonchev–Trinajstić information content (AvgIpc) is 2.89. The predicted octanol–water partition coefficient (Wildman–Crippen LogP) is 3.59. The van der Waals surface area contributed by atoms with Gasteiger partial charge in [-0.25, -0.2) is 4.68 Å². The summed E-state index contributed by atoms with van der Waals surface area (Å²) in [5, 5.41) is 16.9. The van der Waals surface area contributed by atoms with E-state index in [1.807, 2.05) is 56.3 Å². The number of aromatic nitrogens is 4. The van der Waals surface area contributed by atoms with Gasteiger partial charge < -0.3 is 5.32 Å². The van der Waals surface area contributed by atoms with Crippen LogP contribution in [0, 0.1) is 13.8 Å². The van der Waals surface area contributed by atoms with E-state index in [0.29, 0.717) is 0 Å². The van der Waals surface area contributed by atoms with Crippen molar-refractivity contribution in [2.24, 2.45) is 0 Å². The zero-order valence-electron chi connectivity index (χ0n) is 13.1. The molecular formula is C17H18ClN5. The normalized spacial score (nSPS) is 10.7. The van der Waals surface area contributed by atoms with E-state index in [0.717, 1.165) is 41.0 Å². The van der Waals surface area contributed by atoms with E-state index in [-0.39, 0.29) is 0 Å². The minimum absolute atomic E-state index is 0.721. The molecule has 0 unspecified atom stereocenters. The van der Waals surface area contributed by atoms with Gasteiger partial charge in [0.2, 0.25) is 0 Å². The first-order valence-electron chi connectivity index (χ1n) is 7.47. The first-order valence-corrected chi connectivity index (χ1v) is 7.85. The number of nitrogens with zero attached hydrogens (tertiary/aromatic N) is 4. The molecule has 0 aliphatic heterocycles. The van der Waals surface area contributed by atoms with Crippen molar-refractivity contribution in [3.63, 3.8) is 0 Å². The monoisotopic (exact) mass is 327 g/mol. The van der Waals surface area contributed by atoms with Crippen molar-refractivity contribution in [2.45, 2.75) is 20.3 Å². The highest BCUT2D eigenvalue weighted by atomic mass is 35.5. The minimum atomic E-state index is 0.721. The van der Waals surface area contributed by atoms with Gasteiger partial charge in [0.15, 0.2) is 5.82 Å². The summed E-state index contributed by atoms with van der Waals surface area (Å²) >= 11 is 5.88. The standard InChI is InChI=1S/C17H18ClN5/c1-12-11-13(2)23(22-12)17-8-7-16(20-21-17)19-10-9-14-3-5-15(18)6-4-14/h3-8,11H,9-10H2,1-2H3,(H,19,20). The van der Waals surface area contributed by atoms with E-state index < -0.39 is 0 Å². The molecule has 0 radical (unpaired) electrons. The van der Waals surface area contributed by atoms with Gasteiger partial charge in [0.05, 0.1) is 5.69 Å². The van der Waals surface area contributed by atoms with Gasteiger partial charge in [-0.1, -0.05) is 23.7 Å². The molecule has 0 fully saturated rings. The largest absolute Gasteiger partial charge is 0.368 e. The number of hydrogen-bond acceptors (Lipinski definition) is 4. The molecule has 118 valence electrons. The molecule has 0 bridgehead atoms. The molecule has 0 atom stereocenters. The SMILES string of the molecule is Cc1cc(C)n(-c2ccc(NCCc3ccc(Cl)cc3)nn2)n1. The van der Waals surface area contributed by atoms with Gasteiger partial charge in [-0.2, -0.15) is 5.10 Å². The lowest BCUT2D eigenvalue weighted by Gasteiger charge is -2.07. The molecule has 0 aliphatic carbocycles. The van der Waals surface area contributed by atoms with Crippen molar-refractivity contribution in [3.8, 4) is 5.82 Å². The summed E-state index contributed by atoms with van der Waals surface area (Å²) in [6.07, 6.45) is 0.901. The van der Waals surface area contributed by atoms with Crippen LogP contribution < -0.4 is 5.32 Å². The number of nitrogens with one attached hydrogen (secondary N) is 1. The first kappa shape index (κ1) is 15.5. The molecule has 0 amide bonds. The van der Waals surface area contributed by atoms with Crippen LogP contribution in [0.3, 0.4) is 0 Å². The summed E-state index contributed by atoms with van der Waals surface area (Å²) in [7, 11) is 0. The Kier molecular flexibility index (Phi) is 4.57. The fourth-order valence-corrected chi connectivity index (χ4v) is 2.51. The van der Waals surface area contributed by atoms with Crippen LogP contribution >= 0.6 is 11.6 Å². The second kappa shape index (κ2) is 6.79. The molecule has 5 nitrogen and oxygen atoms in total. The Labute approximate surface area is 140 Å². The number of halogens is 1. The number of benzene rings is 1. The number of aryl methyl sites for hydroxylation is 2. The van der Waals surface area contributed by atoms with Crippen LogP contribution in [-0.4, -0.2) is 26.5 Å². The highest BCUT2D eigenvalue weighted by molar-refractivity contribution is 6.30. The molecule has 2 heterocycles. The summed E-state index contributed by atoms with van der Waals surface area (Å²) in [6.45, 7) is 4.75. The Morgan fingerprint density at radius 2 is 1.83 bits per heavy atom. The lowest BCUT2D eigenvalue weighted by atomic mass is 10.1. The van der Waals surface area contributed by atoms with E-state index in [1.165, 1.54) is 5.56 Å². The van der Waals surface area contributed by atoms with Crippen molar-refractivity contribution in [2.75, 3.05) is 11.9 Å². The topological polar surface area (TPSA) is 55.6 Å². The highest BCUT2D eigenvalue weighted by Crippen LogP contribution is 2.12. The van der Waals surface area contributed by atoms with E-state index in [4.69, 9.17) is 11.6 Å². The van der Waals surface area contributed by atoms with Gasteiger partial charge in [-0.3, -0.25) is 0 Å². The van der Waals surface area contributed by atoms with Gasteiger partial charge in [0.1, 0.15) is 5.82 Å². The molecule has 2 aromatic heterocycles. The van der Waals surface area contributed by atoms with Crippen molar-refractivity contribution >= 4 is 17.4 Å². The van der Waals surface area contributed by atoms with Crippen LogP contribution in [0.4, 0.5) is 5.82 Å². The lowest BCUT2D eigenvalue weighted by Crippen LogP contribution is -2.09. The number of hydrogen-bond donors (Lipinski definition) is 1. The van der Waals surface area contributed by atoms with Crippen LogP contribution in [0.25, 0.3) is 5.82 Å². The van der Waals surface area contributed by atoms with Gasteiger partial charge in [0, 0.05) is 17.3 Å². The third-order valence-corrected chi connectivity index (χ3v) is 3.76. The van der Waals surface area contributed by atoms with Crippen LogP contribution in [0.5, 0.6) is 0 Å². The quantitative estimate of drug-likeness (QED) is 0.778. The third-order valence-electron chi connectivity index (χ3n) is 3.51. The molecule has 0 aliphatic rings. The molecule has 1 aromatic carbocycles. The highest BCUT2D eigenvalue weighted by Gasteiger charge is 2.05. The molecule has 0 saturated carbocycles. The Bertz CT molecular complexity index is 778. The Morgan fingerprint density at radius 3 is 2.43 bits per heavy atom. The van der Waals surface area contributed by atoms with E-state index in [9.17, 15) is 0 Å². The van der Waals surface area contributed by atoms with Gasteiger partial charge in [-0.15, -0.1) is 10.2 Å². The van der Waals surface area contributed by atoms with E-state index in [1.54, 1.807) is 4.68 Å². The molecule has 0 spiro atoms. The van der Waals surface area contributed by atoms with Gasteiger partial charge >= 0.3 is 0 Å². The van der Waals surface area contributed by atoms with Crippen LogP contribution in [0.1, 0.15) is 17.0 Å². The van der Waals surface area contributed by atoms with Crippen LogP contribution in [-0.2, 0) is 6.42 Å². The Hall–Kier alpha value is -2.40. The molecule has 3 rings (SSSR count). The van der Waals surface area contributed by atoms with Crippen molar-refractivity contribution < 1.29 is 0 Å². The maximum atomic E-state index is 5.88. The maximum absolute atomic E-state index is 5.88. The van der Waals surface area contributed by atoms with Crippen molar-refractivity contribution in [1.82, 2.24) is 20.0 Å². The fraction of sp³-hybridized carbons (Fsp3) is 0.235. The molecule has 23 heavy (non-hydrogen) atoms. The average molecular weight is 328 g/mol. The lowest BCUT2D eigenvalue weighted by molar-refractivity contribution is 0.781. The zero-order chi connectivity index (χ0) is 16.2. The second-order valence-corrected chi connectivity index (χ2v) is 5.86. The molecule has 1 N–H and O–H groups in total. The fourth-order valence-electron chi connectivity index (χ4n) is 2.38. The first-order chi connectivity index (χ1) is 11.1. The van der Waals surface area contributed by atoms with Gasteiger partial charge in [-0.05, 0) is 56.2 Å². The summed E-state index contributed by atoms with van der Waals surface area (Å²) < 4.78 is 1.79. The van der Waals surface area contributed by atoms with Crippen molar-refractivity contribution in [1.29, 1.82) is 0 Å². The number of anilines is 1. The Morgan fingerprint density at radius 1 is 1.04 bits per heavy atom. The molecule has 3 aromatic rings. The van der Waals surface area contributed by atoms with E-state index in [2.05, 4.69) is 20.6 Å². The summed E-state index contributed by atoms with van der Waals surface area (Å²) in [5.74, 6) is 1.48. The minimum Gasteiger partial charge on any atom is -0.368 e. The molecule has 6 heteroatoms. The van der Waals surface area contributed by atoms with Crippen molar-refractivity contribution in [3.05, 3.63) is 64.4 Å². The van der Waals surface area contributed by atoms with Gasteiger partial charge in [0.25, 0.3) is 0 Å². The predicted molar refractivity (Wildman–Crippen MR) is 92.3 cm³/mol. The zero-order valence-corrected chi connectivity index (χ0v) is 13.9. The molecular weight excluding hydrogens is 310 g/mol. The van der Waals surface area contributed by atoms with Crippen LogP contribution in [0.2, 0.25) is 5.02 Å². The number of rotatable bonds is 5. The maximum Gasteiger partial charge on any atom is 0.176 e. The van der Waals surface area contributed by atoms with E-state index >= 15 is 0 Å². The van der Waals surface area contributed by atoms with Crippen LogP contribution in [0.15, 0.2) is 42.5 Å². The smallest absolute Gasteiger partial charge is 0.176 e. The summed E-state index contributed by atoms with van der Waals surface area (Å²) in [5.41, 5.74) is 3.24. The second-order valence-electron chi connectivity index (χ2n) is 5.42. The third kappa shape index (κ3) is 3.87. The summed E-state index contributed by atoms with van der Waals surface area (Å²) in [6, 6.07) is 13.7.